The Kier molecular flexibility index (Phi) is 7.99. The molecule has 0 unspecified atom stereocenters. The van der Waals surface area contributed by atoms with Crippen LogP contribution in [0.15, 0.2) is 29.3 Å². The van der Waals surface area contributed by atoms with Crippen molar-refractivity contribution in [2.24, 2.45) is 10.7 Å². The van der Waals surface area contributed by atoms with Crippen molar-refractivity contribution < 1.29 is 4.79 Å². The number of likely N-dealkylation sites (tertiary alicyclic amines) is 1. The molecule has 1 saturated heterocycles. The molecule has 0 atom stereocenters. The number of guanidine groups is 1. The smallest absolute Gasteiger partial charge is 0.227 e. The van der Waals surface area contributed by atoms with E-state index in [1.54, 1.807) is 0 Å². The third kappa shape index (κ3) is 5.33. The topological polar surface area (TPSA) is 61.9 Å². The van der Waals surface area contributed by atoms with Crippen LogP contribution in [0.4, 0.5) is 5.69 Å². The molecule has 0 radical (unpaired) electrons. The molecule has 0 aromatic heterocycles. The maximum Gasteiger partial charge on any atom is 0.227 e. The Morgan fingerprint density at radius 2 is 1.80 bits per heavy atom. The predicted octanol–water partition coefficient (Wildman–Crippen LogP) is 3.16. The van der Waals surface area contributed by atoms with Gasteiger partial charge in [-0.25, -0.2) is 0 Å². The predicted molar refractivity (Wildman–Crippen MR) is 114 cm³/mol. The Balaban J connectivity index is 0.00000225. The second kappa shape index (κ2) is 9.99. The summed E-state index contributed by atoms with van der Waals surface area (Å²) in [4.78, 5) is 21.0. The highest BCUT2D eigenvalue weighted by Gasteiger charge is 2.23. The molecule has 2 aliphatic rings. The number of halogens is 1. The molecule has 1 amide bonds. The molecule has 3 rings (SSSR count). The number of hydrogen-bond acceptors (Lipinski definition) is 2. The molecule has 2 aliphatic heterocycles. The summed E-state index contributed by atoms with van der Waals surface area (Å²) in [5.74, 6) is 0.847. The van der Waals surface area contributed by atoms with Gasteiger partial charge in [0.25, 0.3) is 0 Å². The zero-order chi connectivity index (χ0) is 16.8. The number of amides is 1. The molecule has 2 N–H and O–H groups in total. The number of carbonyl (C=O) groups is 1. The second-order valence-corrected chi connectivity index (χ2v) is 6.67. The minimum absolute atomic E-state index is 0. The van der Waals surface area contributed by atoms with E-state index in [1.165, 1.54) is 31.2 Å². The fraction of sp³-hybridized carbons (Fsp3) is 0.579. The van der Waals surface area contributed by atoms with Gasteiger partial charge in [0.1, 0.15) is 0 Å². The number of hydrogen-bond donors (Lipinski definition) is 1. The molecule has 0 spiro atoms. The summed E-state index contributed by atoms with van der Waals surface area (Å²) >= 11 is 0. The lowest BCUT2D eigenvalue weighted by Crippen LogP contribution is -2.38. The Labute approximate surface area is 167 Å². The Hall–Kier alpha value is -1.31. The Morgan fingerprint density at radius 1 is 1.08 bits per heavy atom. The summed E-state index contributed by atoms with van der Waals surface area (Å²) in [6.45, 7) is 3.46. The number of fused-ring (bicyclic) bond motifs is 1. The van der Waals surface area contributed by atoms with Crippen LogP contribution >= 0.6 is 24.0 Å². The van der Waals surface area contributed by atoms with Gasteiger partial charge in [-0.05, 0) is 37.3 Å². The third-order valence-corrected chi connectivity index (χ3v) is 4.94. The van der Waals surface area contributed by atoms with E-state index in [4.69, 9.17) is 5.73 Å². The fourth-order valence-electron chi connectivity index (χ4n) is 3.56. The van der Waals surface area contributed by atoms with Crippen LogP contribution in [-0.2, 0) is 11.2 Å². The van der Waals surface area contributed by atoms with Crippen LogP contribution in [-0.4, -0.2) is 42.9 Å². The first-order chi connectivity index (χ1) is 11.8. The van der Waals surface area contributed by atoms with Crippen LogP contribution in [0.5, 0.6) is 0 Å². The number of nitrogens with two attached hydrogens (primary N) is 1. The van der Waals surface area contributed by atoms with Crippen molar-refractivity contribution >= 4 is 41.5 Å². The van der Waals surface area contributed by atoms with Crippen LogP contribution in [0.25, 0.3) is 0 Å². The molecule has 2 heterocycles. The molecule has 1 aromatic carbocycles. The van der Waals surface area contributed by atoms with E-state index < -0.39 is 0 Å². The van der Waals surface area contributed by atoms with Gasteiger partial charge in [0.2, 0.25) is 5.91 Å². The van der Waals surface area contributed by atoms with Gasteiger partial charge in [-0.3, -0.25) is 9.79 Å². The summed E-state index contributed by atoms with van der Waals surface area (Å²) < 4.78 is 0. The number of anilines is 1. The van der Waals surface area contributed by atoms with Crippen molar-refractivity contribution in [2.45, 2.75) is 44.9 Å². The lowest BCUT2D eigenvalue weighted by molar-refractivity contribution is -0.118. The van der Waals surface area contributed by atoms with E-state index in [2.05, 4.69) is 16.0 Å². The van der Waals surface area contributed by atoms with Crippen LogP contribution in [0, 0.1) is 0 Å². The minimum Gasteiger partial charge on any atom is -0.370 e. The number of benzene rings is 1. The molecule has 6 heteroatoms. The number of nitrogens with zero attached hydrogens (tertiary/aromatic N) is 3. The van der Waals surface area contributed by atoms with Crippen molar-refractivity contribution in [1.29, 1.82) is 0 Å². The summed E-state index contributed by atoms with van der Waals surface area (Å²) in [7, 11) is 0. The third-order valence-electron chi connectivity index (χ3n) is 4.94. The standard InChI is InChI=1S/C19H28N4O.HI/c20-19(22-13-5-1-2-6-14-22)21-12-7-10-18(24)23-15-11-16-8-3-4-9-17(16)23;/h3-4,8-9H,1-2,5-7,10-15H2,(H2,20,21);1H. The first-order valence-electron chi connectivity index (χ1n) is 9.19. The number of aliphatic imine (C=N–C) groups is 1. The fourth-order valence-corrected chi connectivity index (χ4v) is 3.56. The van der Waals surface area contributed by atoms with Crippen molar-refractivity contribution in [3.63, 3.8) is 0 Å². The normalized spacial score (nSPS) is 17.7. The zero-order valence-corrected chi connectivity index (χ0v) is 17.2. The molecule has 1 fully saturated rings. The molecular formula is C19H29IN4O. The number of rotatable bonds is 4. The maximum absolute atomic E-state index is 12.4. The van der Waals surface area contributed by atoms with Gasteiger partial charge in [0.15, 0.2) is 5.96 Å². The maximum atomic E-state index is 12.4. The van der Waals surface area contributed by atoms with Gasteiger partial charge >= 0.3 is 0 Å². The van der Waals surface area contributed by atoms with Crippen molar-refractivity contribution in [3.8, 4) is 0 Å². The summed E-state index contributed by atoms with van der Waals surface area (Å²) in [5.41, 5.74) is 8.45. The monoisotopic (exact) mass is 456 g/mol. The molecule has 0 saturated carbocycles. The molecule has 0 aliphatic carbocycles. The average molecular weight is 456 g/mol. The van der Waals surface area contributed by atoms with Crippen LogP contribution in [0.1, 0.15) is 44.1 Å². The molecule has 138 valence electrons. The largest absolute Gasteiger partial charge is 0.370 e. The van der Waals surface area contributed by atoms with Crippen molar-refractivity contribution in [1.82, 2.24) is 4.90 Å². The highest BCUT2D eigenvalue weighted by molar-refractivity contribution is 14.0. The quantitative estimate of drug-likeness (QED) is 0.328. The molecule has 25 heavy (non-hydrogen) atoms. The molecular weight excluding hydrogens is 427 g/mol. The van der Waals surface area contributed by atoms with E-state index in [-0.39, 0.29) is 29.9 Å². The number of para-hydroxylation sites is 1. The van der Waals surface area contributed by atoms with E-state index in [1.807, 2.05) is 23.1 Å². The van der Waals surface area contributed by atoms with E-state index in [0.29, 0.717) is 18.9 Å². The van der Waals surface area contributed by atoms with Crippen LogP contribution < -0.4 is 10.6 Å². The van der Waals surface area contributed by atoms with Gasteiger partial charge in [0, 0.05) is 38.3 Å². The number of carbonyl (C=O) groups excluding carboxylic acids is 1. The zero-order valence-electron chi connectivity index (χ0n) is 14.8. The summed E-state index contributed by atoms with van der Waals surface area (Å²) in [6.07, 6.45) is 7.22. The van der Waals surface area contributed by atoms with Crippen LogP contribution in [0.3, 0.4) is 0 Å². The highest BCUT2D eigenvalue weighted by atomic mass is 127. The Bertz CT molecular complexity index is 597. The average Bonchev–Trinajstić information content (AvgIpc) is 2.84. The van der Waals surface area contributed by atoms with Crippen molar-refractivity contribution in [2.75, 3.05) is 31.1 Å². The summed E-state index contributed by atoms with van der Waals surface area (Å²) in [5, 5.41) is 0. The highest BCUT2D eigenvalue weighted by Crippen LogP contribution is 2.28. The van der Waals surface area contributed by atoms with Gasteiger partial charge in [-0.15, -0.1) is 24.0 Å². The van der Waals surface area contributed by atoms with Gasteiger partial charge in [-0.1, -0.05) is 31.0 Å². The SMILES string of the molecule is I.NC(=NCCCC(=O)N1CCc2ccccc21)N1CCCCCC1. The molecule has 0 bridgehead atoms. The van der Waals surface area contributed by atoms with Crippen LogP contribution in [0.2, 0.25) is 0 Å². The van der Waals surface area contributed by atoms with Gasteiger partial charge < -0.3 is 15.5 Å². The Morgan fingerprint density at radius 3 is 2.56 bits per heavy atom. The van der Waals surface area contributed by atoms with E-state index in [0.717, 1.165) is 38.2 Å². The molecule has 5 nitrogen and oxygen atoms in total. The second-order valence-electron chi connectivity index (χ2n) is 6.67. The van der Waals surface area contributed by atoms with Crippen molar-refractivity contribution in [3.05, 3.63) is 29.8 Å². The summed E-state index contributed by atoms with van der Waals surface area (Å²) in [6, 6.07) is 8.17. The first kappa shape index (κ1) is 20.0. The first-order valence-corrected chi connectivity index (χ1v) is 9.19. The minimum atomic E-state index is 0. The van der Waals surface area contributed by atoms with Gasteiger partial charge in [0.05, 0.1) is 0 Å². The lowest BCUT2D eigenvalue weighted by atomic mass is 10.2. The lowest BCUT2D eigenvalue weighted by Gasteiger charge is -2.21. The van der Waals surface area contributed by atoms with Gasteiger partial charge in [-0.2, -0.15) is 0 Å². The van der Waals surface area contributed by atoms with E-state index in [9.17, 15) is 4.79 Å². The molecule has 1 aromatic rings. The van der Waals surface area contributed by atoms with E-state index >= 15 is 0 Å².